The van der Waals surface area contributed by atoms with Crippen LogP contribution in [0.2, 0.25) is 0 Å². The van der Waals surface area contributed by atoms with Gasteiger partial charge in [-0.3, -0.25) is 9.05 Å². The number of nitriles is 1. The average molecular weight is 834 g/mol. The lowest BCUT2D eigenvalue weighted by atomic mass is 9.97. The van der Waals surface area contributed by atoms with Crippen molar-refractivity contribution < 1.29 is 47.3 Å². The summed E-state index contributed by atoms with van der Waals surface area (Å²) in [5.41, 5.74) is 4.40. The first-order valence-electron chi connectivity index (χ1n) is 20.9. The number of hydrogen-bond donors (Lipinski definition) is 4. The Morgan fingerprint density at radius 2 is 1.59 bits per heavy atom. The van der Waals surface area contributed by atoms with Gasteiger partial charge in [-0.25, -0.2) is 18.5 Å². The minimum absolute atomic E-state index is 0.0150. The number of phosphoric ester groups is 1. The zero-order valence-electron chi connectivity index (χ0n) is 34.5. The van der Waals surface area contributed by atoms with Crippen LogP contribution in [-0.2, 0) is 34.4 Å². The van der Waals surface area contributed by atoms with E-state index < -0.39 is 56.4 Å². The molecule has 0 aliphatic carbocycles. The smallest absolute Gasteiger partial charge is 0.387 e. The number of aliphatic hydroxyl groups is 2. The molecule has 2 aromatic heterocycles. The number of ether oxygens (including phenoxy) is 3. The molecular formula is C42H65FN5O9P. The molecule has 0 radical (unpaired) electrons. The van der Waals surface area contributed by atoms with Gasteiger partial charge < -0.3 is 35.1 Å². The number of nitrogen functional groups attached to an aromatic ring is 1. The predicted octanol–water partition coefficient (Wildman–Crippen LogP) is 8.26. The van der Waals surface area contributed by atoms with Crippen molar-refractivity contribution in [1.82, 2.24) is 14.6 Å². The van der Waals surface area contributed by atoms with E-state index in [1.54, 1.807) is 19.1 Å². The van der Waals surface area contributed by atoms with Gasteiger partial charge in [0.05, 0.1) is 43.8 Å². The Bertz CT molecular complexity index is 1780. The van der Waals surface area contributed by atoms with Crippen molar-refractivity contribution in [2.45, 2.75) is 160 Å². The predicted molar refractivity (Wildman–Crippen MR) is 218 cm³/mol. The number of halogens is 1. The molecule has 16 heteroatoms. The molecule has 2 unspecified atom stereocenters. The zero-order chi connectivity index (χ0) is 42.0. The third-order valence-electron chi connectivity index (χ3n) is 10.7. The molecule has 58 heavy (non-hydrogen) atoms. The first kappa shape index (κ1) is 47.6. The highest BCUT2D eigenvalue weighted by Gasteiger charge is 2.53. The lowest BCUT2D eigenvalue weighted by Gasteiger charge is -2.31. The SMILES string of the molecule is CCCCCCCCCCCCCCCCCCOCC(C)(COP(=O)(O)OC[C@@]1(C)O[C@@H](c2ccc3c(N)ncnn23)[C@H](O)[C@@H]1O)OCc1cc(F)cc(C#N)c1. The lowest BCUT2D eigenvalue weighted by molar-refractivity contribution is -0.123. The van der Waals surface area contributed by atoms with Gasteiger partial charge in [0.25, 0.3) is 0 Å². The number of phosphoric acid groups is 1. The van der Waals surface area contributed by atoms with E-state index in [-0.39, 0.29) is 24.6 Å². The van der Waals surface area contributed by atoms with E-state index in [4.69, 9.17) is 29.0 Å². The standard InChI is InChI=1S/C42H65FN5O9P/c1-4-5-6-7-8-9-10-11-12-13-14-15-16-17-18-19-22-53-28-41(2,54-27-33-23-32(26-44)24-34(43)25-33)29-55-58(51,52)56-30-42(3)39(50)37(49)38(57-42)35-20-21-36-40(45)46-31-47-48(35)36/h20-21,23-25,31,37-39,49-50H,4-19,22,27-30H2,1-3H3,(H,51,52)(H2,45,46,47)/t37-,38-,39-,41?,42+/m0/s1. The summed E-state index contributed by atoms with van der Waals surface area (Å²) in [6, 6.07) is 9.05. The third-order valence-corrected chi connectivity index (χ3v) is 11.6. The molecule has 0 spiro atoms. The van der Waals surface area contributed by atoms with Crippen LogP contribution >= 0.6 is 7.82 Å². The fourth-order valence-electron chi connectivity index (χ4n) is 7.19. The van der Waals surface area contributed by atoms with Crippen molar-refractivity contribution in [3.63, 3.8) is 0 Å². The first-order valence-corrected chi connectivity index (χ1v) is 22.4. The molecule has 3 heterocycles. The molecule has 1 aliphatic rings. The normalized spacial score (nSPS) is 21.6. The number of anilines is 1. The number of unbranched alkanes of at least 4 members (excludes halogenated alkanes) is 15. The maximum absolute atomic E-state index is 14.2. The van der Waals surface area contributed by atoms with Gasteiger partial charge in [0.1, 0.15) is 47.2 Å². The minimum Gasteiger partial charge on any atom is -0.387 e. The van der Waals surface area contributed by atoms with Gasteiger partial charge in [-0.2, -0.15) is 10.4 Å². The number of nitrogens with two attached hydrogens (primary N) is 1. The molecule has 0 bridgehead atoms. The summed E-state index contributed by atoms with van der Waals surface area (Å²) in [5, 5.41) is 35.3. The van der Waals surface area contributed by atoms with Crippen LogP contribution in [0.4, 0.5) is 10.2 Å². The highest BCUT2D eigenvalue weighted by molar-refractivity contribution is 7.47. The van der Waals surface area contributed by atoms with E-state index in [2.05, 4.69) is 17.0 Å². The molecule has 6 atom stereocenters. The topological polar surface area (TPSA) is 204 Å². The number of hydrogen-bond acceptors (Lipinski definition) is 12. The molecule has 4 rings (SSSR count). The van der Waals surface area contributed by atoms with E-state index in [0.29, 0.717) is 23.4 Å². The number of fused-ring (bicyclic) bond motifs is 1. The van der Waals surface area contributed by atoms with E-state index in [1.165, 1.54) is 113 Å². The second-order valence-electron chi connectivity index (χ2n) is 16.1. The van der Waals surface area contributed by atoms with Crippen molar-refractivity contribution in [3.05, 3.63) is 59.3 Å². The molecule has 1 fully saturated rings. The van der Waals surface area contributed by atoms with Crippen LogP contribution in [0.15, 0.2) is 36.7 Å². The molecule has 0 amide bonds. The van der Waals surface area contributed by atoms with Crippen LogP contribution in [0.3, 0.4) is 0 Å². The zero-order valence-corrected chi connectivity index (χ0v) is 35.4. The average Bonchev–Trinajstić information content (AvgIpc) is 3.73. The second-order valence-corrected chi connectivity index (χ2v) is 17.5. The van der Waals surface area contributed by atoms with Gasteiger partial charge >= 0.3 is 7.82 Å². The Morgan fingerprint density at radius 3 is 2.21 bits per heavy atom. The maximum Gasteiger partial charge on any atom is 0.472 e. The van der Waals surface area contributed by atoms with E-state index >= 15 is 0 Å². The number of nitrogens with zero attached hydrogens (tertiary/aromatic N) is 4. The van der Waals surface area contributed by atoms with Crippen molar-refractivity contribution >= 4 is 19.2 Å². The molecule has 1 aliphatic heterocycles. The van der Waals surface area contributed by atoms with Gasteiger partial charge in [-0.1, -0.05) is 103 Å². The minimum atomic E-state index is -4.80. The Labute approximate surface area is 342 Å². The molecule has 3 aromatic rings. The summed E-state index contributed by atoms with van der Waals surface area (Å²) in [4.78, 5) is 14.7. The Balaban J connectivity index is 1.22. The summed E-state index contributed by atoms with van der Waals surface area (Å²) in [5.74, 6) is -0.383. The van der Waals surface area contributed by atoms with Crippen LogP contribution in [0.25, 0.3) is 5.52 Å². The van der Waals surface area contributed by atoms with Crippen molar-refractivity contribution in [2.24, 2.45) is 0 Å². The van der Waals surface area contributed by atoms with Gasteiger partial charge in [-0.15, -0.1) is 0 Å². The largest absolute Gasteiger partial charge is 0.472 e. The highest BCUT2D eigenvalue weighted by Crippen LogP contribution is 2.48. The van der Waals surface area contributed by atoms with Gasteiger partial charge in [0, 0.05) is 6.61 Å². The Kier molecular flexibility index (Phi) is 19.5. The van der Waals surface area contributed by atoms with E-state index in [9.17, 15) is 29.3 Å². The Morgan fingerprint density at radius 1 is 0.966 bits per heavy atom. The highest BCUT2D eigenvalue weighted by atomic mass is 31.2. The molecule has 1 aromatic carbocycles. The van der Waals surface area contributed by atoms with Crippen molar-refractivity contribution in [2.75, 3.05) is 32.2 Å². The fraction of sp³-hybridized carbons (Fsp3) is 0.690. The summed E-state index contributed by atoms with van der Waals surface area (Å²) in [6.07, 6.45) is 17.4. The molecule has 14 nitrogen and oxygen atoms in total. The van der Waals surface area contributed by atoms with Crippen LogP contribution in [0.1, 0.15) is 146 Å². The van der Waals surface area contributed by atoms with E-state index in [0.717, 1.165) is 25.3 Å². The monoisotopic (exact) mass is 833 g/mol. The second kappa shape index (κ2) is 23.7. The summed E-state index contributed by atoms with van der Waals surface area (Å²) in [6.45, 7) is 4.54. The summed E-state index contributed by atoms with van der Waals surface area (Å²) < 4.78 is 57.6. The molecule has 5 N–H and O–H groups in total. The fourth-order valence-corrected chi connectivity index (χ4v) is 8.12. The number of aromatic nitrogens is 3. The quantitative estimate of drug-likeness (QED) is 0.0385. The van der Waals surface area contributed by atoms with Crippen LogP contribution < -0.4 is 5.73 Å². The molecule has 1 saturated heterocycles. The molecular weight excluding hydrogens is 768 g/mol. The number of rotatable bonds is 29. The number of aliphatic hydroxyl groups excluding tert-OH is 2. The Hall–Kier alpha value is -3.03. The summed E-state index contributed by atoms with van der Waals surface area (Å²) in [7, 11) is -4.80. The maximum atomic E-state index is 14.2. The van der Waals surface area contributed by atoms with Gasteiger partial charge in [0.15, 0.2) is 5.82 Å². The van der Waals surface area contributed by atoms with Crippen molar-refractivity contribution in [3.8, 4) is 6.07 Å². The van der Waals surface area contributed by atoms with E-state index in [1.807, 2.05) is 6.07 Å². The van der Waals surface area contributed by atoms with Crippen LogP contribution in [0, 0.1) is 17.1 Å². The van der Waals surface area contributed by atoms with Crippen LogP contribution in [0.5, 0.6) is 0 Å². The molecule has 324 valence electrons. The van der Waals surface area contributed by atoms with Gasteiger partial charge in [0.2, 0.25) is 0 Å². The third kappa shape index (κ3) is 14.9. The summed E-state index contributed by atoms with van der Waals surface area (Å²) >= 11 is 0. The van der Waals surface area contributed by atoms with Crippen LogP contribution in [-0.4, -0.2) is 79.5 Å². The van der Waals surface area contributed by atoms with Gasteiger partial charge in [-0.05, 0) is 56.2 Å². The molecule has 0 saturated carbocycles. The van der Waals surface area contributed by atoms with Crippen molar-refractivity contribution in [1.29, 1.82) is 5.26 Å². The number of benzene rings is 1. The lowest BCUT2D eigenvalue weighted by Crippen LogP contribution is -2.44. The first-order chi connectivity index (χ1) is 27.8.